The van der Waals surface area contributed by atoms with Crippen LogP contribution in [0.5, 0.6) is 0 Å². The summed E-state index contributed by atoms with van der Waals surface area (Å²) < 4.78 is 39.0. The van der Waals surface area contributed by atoms with Crippen molar-refractivity contribution in [2.45, 2.75) is 6.18 Å². The van der Waals surface area contributed by atoms with E-state index in [4.69, 9.17) is 5.73 Å². The molecule has 1 aromatic carbocycles. The smallest absolute Gasteiger partial charge is 0.382 e. The molecule has 0 aliphatic heterocycles. The van der Waals surface area contributed by atoms with Crippen molar-refractivity contribution in [2.75, 3.05) is 5.73 Å². The first-order chi connectivity index (χ1) is 9.47. The highest BCUT2D eigenvalue weighted by Crippen LogP contribution is 2.36. The number of benzene rings is 1. The van der Waals surface area contributed by atoms with Crippen molar-refractivity contribution in [1.29, 1.82) is 0 Å². The van der Waals surface area contributed by atoms with Gasteiger partial charge in [0.2, 0.25) is 0 Å². The SMILES string of the molecule is Nc1nc(-c2ccccc2C(F)(F)F)nc2cc[nH]c12. The lowest BCUT2D eigenvalue weighted by Crippen LogP contribution is -2.08. The van der Waals surface area contributed by atoms with Crippen molar-refractivity contribution in [2.24, 2.45) is 0 Å². The fourth-order valence-corrected chi connectivity index (χ4v) is 2.01. The van der Waals surface area contributed by atoms with E-state index in [1.807, 2.05) is 0 Å². The third-order valence-corrected chi connectivity index (χ3v) is 2.91. The van der Waals surface area contributed by atoms with Crippen LogP contribution in [0, 0.1) is 0 Å². The van der Waals surface area contributed by atoms with Gasteiger partial charge in [-0.25, -0.2) is 9.97 Å². The highest BCUT2D eigenvalue weighted by Gasteiger charge is 2.34. The van der Waals surface area contributed by atoms with Gasteiger partial charge >= 0.3 is 6.18 Å². The average Bonchev–Trinajstić information content (AvgIpc) is 2.86. The summed E-state index contributed by atoms with van der Waals surface area (Å²) in [5.41, 5.74) is 5.85. The molecule has 2 aromatic heterocycles. The molecule has 0 atom stereocenters. The minimum atomic E-state index is -4.47. The summed E-state index contributed by atoms with van der Waals surface area (Å²) in [7, 11) is 0. The molecule has 0 amide bonds. The van der Waals surface area contributed by atoms with Gasteiger partial charge in [0.25, 0.3) is 0 Å². The molecule has 20 heavy (non-hydrogen) atoms. The summed E-state index contributed by atoms with van der Waals surface area (Å²) in [4.78, 5) is 10.9. The summed E-state index contributed by atoms with van der Waals surface area (Å²) in [6.07, 6.45) is -2.86. The van der Waals surface area contributed by atoms with Gasteiger partial charge in [0.05, 0.1) is 11.1 Å². The number of aromatic nitrogens is 3. The zero-order valence-electron chi connectivity index (χ0n) is 10.1. The van der Waals surface area contributed by atoms with E-state index in [-0.39, 0.29) is 17.2 Å². The Morgan fingerprint density at radius 2 is 1.80 bits per heavy atom. The predicted octanol–water partition coefficient (Wildman–Crippen LogP) is 3.23. The standard InChI is InChI=1S/C13H9F3N4/c14-13(15,16)8-4-2-1-3-7(8)12-19-9-5-6-18-10(9)11(17)20-12/h1-6,18H,(H2,17,19,20). The van der Waals surface area contributed by atoms with Crippen LogP contribution in [0.4, 0.5) is 19.0 Å². The second kappa shape index (κ2) is 4.22. The van der Waals surface area contributed by atoms with Crippen molar-refractivity contribution in [1.82, 2.24) is 15.0 Å². The quantitative estimate of drug-likeness (QED) is 0.718. The van der Waals surface area contributed by atoms with Crippen LogP contribution in [0.3, 0.4) is 0 Å². The number of aromatic amines is 1. The van der Waals surface area contributed by atoms with Crippen molar-refractivity contribution >= 4 is 16.9 Å². The molecular formula is C13H9F3N4. The Balaban J connectivity index is 2.26. The summed E-state index contributed by atoms with van der Waals surface area (Å²) >= 11 is 0. The Hall–Kier alpha value is -2.57. The number of nitrogens with two attached hydrogens (primary N) is 1. The third-order valence-electron chi connectivity index (χ3n) is 2.91. The highest BCUT2D eigenvalue weighted by molar-refractivity contribution is 5.86. The van der Waals surface area contributed by atoms with Gasteiger partial charge in [-0.2, -0.15) is 13.2 Å². The highest BCUT2D eigenvalue weighted by atomic mass is 19.4. The van der Waals surface area contributed by atoms with Crippen LogP contribution in [0.2, 0.25) is 0 Å². The predicted molar refractivity (Wildman–Crippen MR) is 68.7 cm³/mol. The van der Waals surface area contributed by atoms with Crippen molar-refractivity contribution in [3.8, 4) is 11.4 Å². The number of nitrogen functional groups attached to an aromatic ring is 1. The lowest BCUT2D eigenvalue weighted by atomic mass is 10.1. The number of alkyl halides is 3. The molecule has 0 aliphatic carbocycles. The molecule has 2 heterocycles. The Morgan fingerprint density at radius 1 is 1.05 bits per heavy atom. The van der Waals surface area contributed by atoms with Crippen LogP contribution in [-0.2, 0) is 6.18 Å². The fourth-order valence-electron chi connectivity index (χ4n) is 2.01. The largest absolute Gasteiger partial charge is 0.417 e. The molecule has 102 valence electrons. The number of nitrogens with one attached hydrogen (secondary N) is 1. The van der Waals surface area contributed by atoms with Crippen LogP contribution in [0.25, 0.3) is 22.4 Å². The van der Waals surface area contributed by atoms with Crippen LogP contribution in [0.1, 0.15) is 5.56 Å². The second-order valence-corrected chi connectivity index (χ2v) is 4.21. The molecule has 3 rings (SSSR count). The summed E-state index contributed by atoms with van der Waals surface area (Å²) in [6, 6.07) is 6.79. The van der Waals surface area contributed by atoms with Crippen LogP contribution < -0.4 is 5.73 Å². The van der Waals surface area contributed by atoms with Gasteiger partial charge < -0.3 is 10.7 Å². The maximum atomic E-state index is 13.0. The molecule has 0 aliphatic rings. The van der Waals surface area contributed by atoms with Gasteiger partial charge in [-0.05, 0) is 12.1 Å². The van der Waals surface area contributed by atoms with Crippen molar-refractivity contribution in [3.63, 3.8) is 0 Å². The number of rotatable bonds is 1. The molecule has 0 fully saturated rings. The minimum Gasteiger partial charge on any atom is -0.382 e. The van der Waals surface area contributed by atoms with Crippen LogP contribution in [-0.4, -0.2) is 15.0 Å². The zero-order valence-corrected chi connectivity index (χ0v) is 10.1. The van der Waals surface area contributed by atoms with Gasteiger partial charge in [0.15, 0.2) is 11.6 Å². The molecule has 7 heteroatoms. The summed E-state index contributed by atoms with van der Waals surface area (Å²) in [5, 5.41) is 0. The van der Waals surface area contributed by atoms with Gasteiger partial charge in [-0.1, -0.05) is 18.2 Å². The van der Waals surface area contributed by atoms with Crippen LogP contribution >= 0.6 is 0 Å². The van der Waals surface area contributed by atoms with E-state index in [1.54, 1.807) is 12.3 Å². The molecule has 0 saturated carbocycles. The molecule has 0 radical (unpaired) electrons. The van der Waals surface area contributed by atoms with Gasteiger partial charge in [-0.3, -0.25) is 0 Å². The van der Waals surface area contributed by atoms with E-state index in [0.717, 1.165) is 6.07 Å². The molecule has 4 nitrogen and oxygen atoms in total. The lowest BCUT2D eigenvalue weighted by molar-refractivity contribution is -0.137. The number of hydrogen-bond acceptors (Lipinski definition) is 3. The number of halogens is 3. The summed E-state index contributed by atoms with van der Waals surface area (Å²) in [5.74, 6) is 0.0782. The first-order valence-corrected chi connectivity index (χ1v) is 5.74. The van der Waals surface area contributed by atoms with Crippen molar-refractivity contribution in [3.05, 3.63) is 42.1 Å². The topological polar surface area (TPSA) is 67.6 Å². The molecule has 0 bridgehead atoms. The number of hydrogen-bond donors (Lipinski definition) is 2. The van der Waals surface area contributed by atoms with E-state index >= 15 is 0 Å². The molecule has 0 spiro atoms. The second-order valence-electron chi connectivity index (χ2n) is 4.21. The maximum absolute atomic E-state index is 13.0. The Morgan fingerprint density at radius 3 is 2.55 bits per heavy atom. The molecule has 0 unspecified atom stereocenters. The molecule has 3 N–H and O–H groups in total. The van der Waals surface area contributed by atoms with E-state index in [1.165, 1.54) is 18.2 Å². The monoisotopic (exact) mass is 278 g/mol. The van der Waals surface area contributed by atoms with Gasteiger partial charge in [0.1, 0.15) is 5.52 Å². The fraction of sp³-hybridized carbons (Fsp3) is 0.0769. The normalized spacial score (nSPS) is 11.9. The number of nitrogens with zero attached hydrogens (tertiary/aromatic N) is 2. The van der Waals surface area contributed by atoms with Crippen LogP contribution in [0.15, 0.2) is 36.5 Å². The minimum absolute atomic E-state index is 0.0393. The van der Waals surface area contributed by atoms with E-state index < -0.39 is 11.7 Å². The van der Waals surface area contributed by atoms with E-state index in [9.17, 15) is 13.2 Å². The number of H-pyrrole nitrogens is 1. The third kappa shape index (κ3) is 1.97. The Kier molecular flexibility index (Phi) is 2.63. The number of anilines is 1. The molecule has 3 aromatic rings. The van der Waals surface area contributed by atoms with E-state index in [2.05, 4.69) is 15.0 Å². The molecule has 0 saturated heterocycles. The molecular weight excluding hydrogens is 269 g/mol. The average molecular weight is 278 g/mol. The zero-order chi connectivity index (χ0) is 14.3. The Bertz CT molecular complexity index is 777. The lowest BCUT2D eigenvalue weighted by Gasteiger charge is -2.11. The Labute approximate surface area is 111 Å². The van der Waals surface area contributed by atoms with Gasteiger partial charge in [0, 0.05) is 11.8 Å². The summed E-state index contributed by atoms with van der Waals surface area (Å²) in [6.45, 7) is 0. The van der Waals surface area contributed by atoms with E-state index in [0.29, 0.717) is 11.0 Å². The number of fused-ring (bicyclic) bond motifs is 1. The van der Waals surface area contributed by atoms with Crippen molar-refractivity contribution < 1.29 is 13.2 Å². The first-order valence-electron chi connectivity index (χ1n) is 5.74. The first kappa shape index (κ1) is 12.5. The van der Waals surface area contributed by atoms with Gasteiger partial charge in [-0.15, -0.1) is 0 Å². The maximum Gasteiger partial charge on any atom is 0.417 e.